The number of hydrogen-bond acceptors (Lipinski definition) is 5. The summed E-state index contributed by atoms with van der Waals surface area (Å²) in [6, 6.07) is 0.556. The number of ether oxygens (including phenoxy) is 1. The van der Waals surface area contributed by atoms with Crippen molar-refractivity contribution < 1.29 is 9.53 Å². The number of aromatic nitrogens is 1. The highest BCUT2D eigenvalue weighted by Crippen LogP contribution is 2.24. The van der Waals surface area contributed by atoms with Gasteiger partial charge in [0.1, 0.15) is 5.60 Å². The Hall–Kier alpha value is -1.14. The van der Waals surface area contributed by atoms with Gasteiger partial charge in [0.15, 0.2) is 0 Å². The summed E-state index contributed by atoms with van der Waals surface area (Å²) >= 11 is 1.66. The van der Waals surface area contributed by atoms with E-state index in [9.17, 15) is 4.79 Å². The van der Waals surface area contributed by atoms with Crippen LogP contribution in [0.15, 0.2) is 11.7 Å². The summed E-state index contributed by atoms with van der Waals surface area (Å²) < 4.78 is 5.67. The lowest BCUT2D eigenvalue weighted by molar-refractivity contribution is 0.0146. The number of nitrogens with one attached hydrogen (secondary N) is 1. The number of nitrogens with zero attached hydrogens (tertiary/aromatic N) is 2. The Bertz CT molecular complexity index is 505. The smallest absolute Gasteiger partial charge is 0.410 e. The molecule has 1 saturated carbocycles. The van der Waals surface area contributed by atoms with Crippen molar-refractivity contribution in [3.8, 4) is 0 Å². The fourth-order valence-electron chi connectivity index (χ4n) is 3.25. The first kappa shape index (κ1) is 20.2. The Kier molecular flexibility index (Phi) is 7.69. The average Bonchev–Trinajstić information content (AvgIpc) is 2.93. The zero-order valence-corrected chi connectivity index (χ0v) is 16.9. The summed E-state index contributed by atoms with van der Waals surface area (Å²) in [5.74, 6) is 0. The van der Waals surface area contributed by atoms with Gasteiger partial charge in [-0.2, -0.15) is 0 Å². The molecule has 6 heteroatoms. The van der Waals surface area contributed by atoms with Crippen LogP contribution in [0.25, 0.3) is 0 Å². The second kappa shape index (κ2) is 9.53. The van der Waals surface area contributed by atoms with Crippen LogP contribution in [0, 0.1) is 0 Å². The molecule has 0 spiro atoms. The molecule has 0 saturated heterocycles. The Morgan fingerprint density at radius 1 is 1.36 bits per heavy atom. The summed E-state index contributed by atoms with van der Waals surface area (Å²) in [7, 11) is 0. The van der Waals surface area contributed by atoms with E-state index in [1.54, 1.807) is 11.3 Å². The van der Waals surface area contributed by atoms with Crippen molar-refractivity contribution in [3.05, 3.63) is 16.6 Å². The van der Waals surface area contributed by atoms with E-state index in [0.717, 1.165) is 19.4 Å². The lowest BCUT2D eigenvalue weighted by Gasteiger charge is -2.33. The average molecular weight is 368 g/mol. The predicted molar refractivity (Wildman–Crippen MR) is 103 cm³/mol. The van der Waals surface area contributed by atoms with Gasteiger partial charge in [-0.05, 0) is 40.5 Å². The molecule has 5 nitrogen and oxygen atoms in total. The standard InChI is InChI=1S/C19H33N3O2S/c1-15(17-13-20-14-25-17)21-11-12-22(18(23)24-19(2,3)4)16-9-7-5-6-8-10-16/h13-16,21H,5-12H2,1-4H3. The summed E-state index contributed by atoms with van der Waals surface area (Å²) in [5.41, 5.74) is 1.40. The van der Waals surface area contributed by atoms with E-state index in [0.29, 0.717) is 12.6 Å². The normalized spacial score (nSPS) is 17.8. The Morgan fingerprint density at radius 3 is 2.60 bits per heavy atom. The van der Waals surface area contributed by atoms with Gasteiger partial charge < -0.3 is 15.0 Å². The second-order valence-electron chi connectivity index (χ2n) is 7.90. The van der Waals surface area contributed by atoms with Crippen LogP contribution in [-0.4, -0.2) is 40.7 Å². The van der Waals surface area contributed by atoms with Crippen molar-refractivity contribution in [2.24, 2.45) is 0 Å². The largest absolute Gasteiger partial charge is 0.444 e. The Balaban J connectivity index is 1.94. The molecule has 1 N–H and O–H groups in total. The summed E-state index contributed by atoms with van der Waals surface area (Å²) in [4.78, 5) is 20.1. The van der Waals surface area contributed by atoms with Crippen molar-refractivity contribution in [1.82, 2.24) is 15.2 Å². The van der Waals surface area contributed by atoms with E-state index < -0.39 is 5.60 Å². The molecule has 1 aliphatic carbocycles. The van der Waals surface area contributed by atoms with E-state index in [4.69, 9.17) is 4.74 Å². The summed E-state index contributed by atoms with van der Waals surface area (Å²) in [6.07, 6.45) is 8.86. The quantitative estimate of drug-likeness (QED) is 0.737. The minimum Gasteiger partial charge on any atom is -0.444 e. The molecule has 0 radical (unpaired) electrons. The minimum atomic E-state index is -0.455. The van der Waals surface area contributed by atoms with Gasteiger partial charge in [-0.15, -0.1) is 11.3 Å². The van der Waals surface area contributed by atoms with E-state index in [2.05, 4.69) is 17.2 Å². The summed E-state index contributed by atoms with van der Waals surface area (Å²) in [6.45, 7) is 9.37. The zero-order chi connectivity index (χ0) is 18.3. The van der Waals surface area contributed by atoms with Crippen LogP contribution in [0.4, 0.5) is 4.79 Å². The van der Waals surface area contributed by atoms with Crippen LogP contribution >= 0.6 is 11.3 Å². The molecule has 0 aromatic carbocycles. The predicted octanol–water partition coefficient (Wildman–Crippen LogP) is 4.75. The van der Waals surface area contributed by atoms with Gasteiger partial charge in [0, 0.05) is 36.2 Å². The topological polar surface area (TPSA) is 54.5 Å². The number of amides is 1. The molecule has 0 aliphatic heterocycles. The minimum absolute atomic E-state index is 0.174. The molecule has 0 bridgehead atoms. The highest BCUT2D eigenvalue weighted by molar-refractivity contribution is 7.09. The van der Waals surface area contributed by atoms with Crippen molar-refractivity contribution in [3.63, 3.8) is 0 Å². The molecular weight excluding hydrogens is 334 g/mol. The molecule has 1 aliphatic rings. The van der Waals surface area contributed by atoms with Crippen molar-refractivity contribution >= 4 is 17.4 Å². The number of carbonyl (C=O) groups excluding carboxylic acids is 1. The van der Waals surface area contributed by atoms with Gasteiger partial charge in [0.2, 0.25) is 0 Å². The Labute approximate surface area is 156 Å². The molecule has 1 unspecified atom stereocenters. The third kappa shape index (κ3) is 6.94. The highest BCUT2D eigenvalue weighted by atomic mass is 32.1. The van der Waals surface area contributed by atoms with Gasteiger partial charge in [0.25, 0.3) is 0 Å². The molecule has 1 atom stereocenters. The second-order valence-corrected chi connectivity index (χ2v) is 8.82. The zero-order valence-electron chi connectivity index (χ0n) is 16.1. The molecule has 1 aromatic rings. The van der Waals surface area contributed by atoms with Gasteiger partial charge in [-0.25, -0.2) is 4.79 Å². The van der Waals surface area contributed by atoms with Crippen LogP contribution in [0.1, 0.15) is 77.1 Å². The van der Waals surface area contributed by atoms with Crippen LogP contribution in [0.2, 0.25) is 0 Å². The first-order valence-electron chi connectivity index (χ1n) is 9.48. The first-order valence-corrected chi connectivity index (χ1v) is 10.4. The van der Waals surface area contributed by atoms with Gasteiger partial charge in [-0.3, -0.25) is 4.98 Å². The third-order valence-corrected chi connectivity index (χ3v) is 5.53. The SMILES string of the molecule is CC(NCCN(C(=O)OC(C)(C)C)C1CCCCCC1)c1cncs1. The molecule has 142 valence electrons. The molecule has 1 fully saturated rings. The van der Waals surface area contributed by atoms with Gasteiger partial charge >= 0.3 is 6.09 Å². The number of thiazole rings is 1. The van der Waals surface area contributed by atoms with Crippen LogP contribution < -0.4 is 5.32 Å². The number of rotatable bonds is 6. The highest BCUT2D eigenvalue weighted by Gasteiger charge is 2.28. The van der Waals surface area contributed by atoms with Crippen molar-refractivity contribution in [2.75, 3.05) is 13.1 Å². The van der Waals surface area contributed by atoms with E-state index in [1.807, 2.05) is 37.4 Å². The lowest BCUT2D eigenvalue weighted by atomic mass is 10.1. The van der Waals surface area contributed by atoms with Crippen LogP contribution in [0.3, 0.4) is 0 Å². The fraction of sp³-hybridized carbons (Fsp3) is 0.789. The Morgan fingerprint density at radius 2 is 2.04 bits per heavy atom. The molecule has 1 aromatic heterocycles. The fourth-order valence-corrected chi connectivity index (χ4v) is 3.91. The lowest BCUT2D eigenvalue weighted by Crippen LogP contribution is -2.46. The maximum absolute atomic E-state index is 12.7. The van der Waals surface area contributed by atoms with Gasteiger partial charge in [-0.1, -0.05) is 25.7 Å². The monoisotopic (exact) mass is 367 g/mol. The van der Waals surface area contributed by atoms with Gasteiger partial charge in [0.05, 0.1) is 5.51 Å². The maximum atomic E-state index is 12.7. The molecule has 25 heavy (non-hydrogen) atoms. The first-order chi connectivity index (χ1) is 11.9. The third-order valence-electron chi connectivity index (χ3n) is 4.57. The van der Waals surface area contributed by atoms with Crippen LogP contribution in [0.5, 0.6) is 0 Å². The number of carbonyl (C=O) groups is 1. The van der Waals surface area contributed by atoms with E-state index in [1.165, 1.54) is 30.6 Å². The molecule has 1 amide bonds. The van der Waals surface area contributed by atoms with Crippen molar-refractivity contribution in [2.45, 2.75) is 83.9 Å². The van der Waals surface area contributed by atoms with E-state index >= 15 is 0 Å². The number of hydrogen-bond donors (Lipinski definition) is 1. The maximum Gasteiger partial charge on any atom is 0.410 e. The molecular formula is C19H33N3O2S. The molecule has 2 rings (SSSR count). The molecule has 1 heterocycles. The van der Waals surface area contributed by atoms with Crippen LogP contribution in [-0.2, 0) is 4.74 Å². The van der Waals surface area contributed by atoms with E-state index in [-0.39, 0.29) is 12.1 Å². The van der Waals surface area contributed by atoms with Crippen molar-refractivity contribution in [1.29, 1.82) is 0 Å². The summed E-state index contributed by atoms with van der Waals surface area (Å²) in [5, 5.41) is 3.51.